The van der Waals surface area contributed by atoms with E-state index in [1.807, 2.05) is 24.3 Å². The van der Waals surface area contributed by atoms with E-state index in [9.17, 15) is 5.11 Å². The van der Waals surface area contributed by atoms with Gasteiger partial charge in [-0.2, -0.15) is 5.26 Å². The van der Waals surface area contributed by atoms with Crippen molar-refractivity contribution in [3.8, 4) is 6.07 Å². The highest BCUT2D eigenvalue weighted by Crippen LogP contribution is 2.36. The molecule has 0 radical (unpaired) electrons. The van der Waals surface area contributed by atoms with Gasteiger partial charge in [0.1, 0.15) is 5.66 Å². The Morgan fingerprint density at radius 3 is 1.74 bits per heavy atom. The first-order chi connectivity index (χ1) is 11.3. The number of hydrogen-bond acceptors (Lipinski definition) is 4. The Hall–Kier alpha value is -1.41. The number of hydrogen-bond donors (Lipinski definition) is 1. The van der Waals surface area contributed by atoms with Crippen LogP contribution >= 0.6 is 0 Å². The molecule has 23 heavy (non-hydrogen) atoms. The van der Waals surface area contributed by atoms with Crippen molar-refractivity contribution >= 4 is 0 Å². The summed E-state index contributed by atoms with van der Waals surface area (Å²) in [7, 11) is 0. The molecule has 3 rings (SSSR count). The van der Waals surface area contributed by atoms with Gasteiger partial charge < -0.3 is 5.11 Å². The van der Waals surface area contributed by atoms with Crippen LogP contribution in [0.1, 0.15) is 49.7 Å². The van der Waals surface area contributed by atoms with Crippen molar-refractivity contribution < 1.29 is 5.11 Å². The topological polar surface area (TPSA) is 50.5 Å². The Kier molecular flexibility index (Phi) is 5.32. The van der Waals surface area contributed by atoms with Crippen molar-refractivity contribution in [2.24, 2.45) is 0 Å². The molecule has 0 spiro atoms. The SMILES string of the molecule is N#Cc1ccc(C(CO)(N2CCCCC2)N2CCCCC2)cc1. The van der Waals surface area contributed by atoms with Crippen LogP contribution in [0.25, 0.3) is 0 Å². The van der Waals surface area contributed by atoms with Crippen LogP contribution in [0.5, 0.6) is 0 Å². The first-order valence-corrected chi connectivity index (χ1v) is 8.93. The molecule has 1 aromatic rings. The van der Waals surface area contributed by atoms with Gasteiger partial charge in [-0.15, -0.1) is 0 Å². The minimum absolute atomic E-state index is 0.110. The number of likely N-dealkylation sites (tertiary alicyclic amines) is 2. The number of rotatable bonds is 4. The summed E-state index contributed by atoms with van der Waals surface area (Å²) in [5.41, 5.74) is 1.38. The fraction of sp³-hybridized carbons (Fsp3) is 0.632. The molecule has 0 aromatic heterocycles. The van der Waals surface area contributed by atoms with Crippen molar-refractivity contribution in [1.82, 2.24) is 9.80 Å². The zero-order valence-corrected chi connectivity index (χ0v) is 13.9. The monoisotopic (exact) mass is 313 g/mol. The third-order valence-electron chi connectivity index (χ3n) is 5.46. The second kappa shape index (κ2) is 7.44. The fourth-order valence-electron chi connectivity index (χ4n) is 4.20. The number of benzene rings is 1. The molecule has 124 valence electrons. The summed E-state index contributed by atoms with van der Waals surface area (Å²) < 4.78 is 0. The lowest BCUT2D eigenvalue weighted by Gasteiger charge is -2.52. The summed E-state index contributed by atoms with van der Waals surface area (Å²) >= 11 is 0. The smallest absolute Gasteiger partial charge is 0.124 e. The first kappa shape index (κ1) is 16.4. The van der Waals surface area contributed by atoms with E-state index in [4.69, 9.17) is 5.26 Å². The largest absolute Gasteiger partial charge is 0.393 e. The number of aliphatic hydroxyl groups excluding tert-OH is 1. The Bertz CT molecular complexity index is 519. The summed E-state index contributed by atoms with van der Waals surface area (Å²) in [4.78, 5) is 4.95. The van der Waals surface area contributed by atoms with Gasteiger partial charge in [-0.05, 0) is 43.4 Å². The highest BCUT2D eigenvalue weighted by Gasteiger charge is 2.44. The average molecular weight is 313 g/mol. The van der Waals surface area contributed by atoms with Gasteiger partial charge in [-0.1, -0.05) is 25.0 Å². The highest BCUT2D eigenvalue weighted by atomic mass is 16.3. The lowest BCUT2D eigenvalue weighted by Crippen LogP contribution is -2.62. The highest BCUT2D eigenvalue weighted by molar-refractivity contribution is 5.35. The van der Waals surface area contributed by atoms with Crippen molar-refractivity contribution in [3.63, 3.8) is 0 Å². The van der Waals surface area contributed by atoms with Crippen molar-refractivity contribution in [2.45, 2.75) is 44.2 Å². The van der Waals surface area contributed by atoms with E-state index in [1.165, 1.54) is 38.5 Å². The van der Waals surface area contributed by atoms with Crippen LogP contribution in [-0.4, -0.2) is 47.7 Å². The van der Waals surface area contributed by atoms with Crippen molar-refractivity contribution in [3.05, 3.63) is 35.4 Å². The van der Waals surface area contributed by atoms with Gasteiger partial charge >= 0.3 is 0 Å². The molecular weight excluding hydrogens is 286 g/mol. The molecule has 1 N–H and O–H groups in total. The Morgan fingerprint density at radius 2 is 1.35 bits per heavy atom. The third-order valence-corrected chi connectivity index (χ3v) is 5.46. The lowest BCUT2D eigenvalue weighted by molar-refractivity contribution is -0.114. The number of piperidine rings is 2. The summed E-state index contributed by atoms with van der Waals surface area (Å²) in [5.74, 6) is 0. The van der Waals surface area contributed by atoms with Gasteiger partial charge in [0.2, 0.25) is 0 Å². The van der Waals surface area contributed by atoms with Crippen molar-refractivity contribution in [2.75, 3.05) is 32.8 Å². The minimum Gasteiger partial charge on any atom is -0.393 e. The zero-order chi connectivity index (χ0) is 16.1. The average Bonchev–Trinajstić information content (AvgIpc) is 2.65. The molecule has 1 aromatic carbocycles. The molecule has 2 aliphatic rings. The van der Waals surface area contributed by atoms with Gasteiger partial charge in [0.05, 0.1) is 18.2 Å². The van der Waals surface area contributed by atoms with Crippen LogP contribution in [0.2, 0.25) is 0 Å². The molecular formula is C19H27N3O. The van der Waals surface area contributed by atoms with Crippen molar-refractivity contribution in [1.29, 1.82) is 5.26 Å². The molecule has 2 fully saturated rings. The molecule has 0 amide bonds. The second-order valence-electron chi connectivity index (χ2n) is 6.76. The quantitative estimate of drug-likeness (QED) is 0.928. The molecule has 2 heterocycles. The van der Waals surface area contributed by atoms with E-state index in [-0.39, 0.29) is 6.61 Å². The van der Waals surface area contributed by atoms with E-state index in [0.29, 0.717) is 5.56 Å². The lowest BCUT2D eigenvalue weighted by atomic mass is 9.91. The minimum atomic E-state index is -0.422. The van der Waals surface area contributed by atoms with Gasteiger partial charge in [-0.3, -0.25) is 9.80 Å². The summed E-state index contributed by atoms with van der Waals surface area (Å²) in [6.45, 7) is 4.27. The summed E-state index contributed by atoms with van der Waals surface area (Å²) in [6.07, 6.45) is 7.37. The second-order valence-corrected chi connectivity index (χ2v) is 6.76. The molecule has 2 aliphatic heterocycles. The van der Waals surface area contributed by atoms with Crippen LogP contribution in [0.4, 0.5) is 0 Å². The molecule has 4 heteroatoms. The Labute approximate surface area is 139 Å². The van der Waals surface area contributed by atoms with Crippen LogP contribution in [0.15, 0.2) is 24.3 Å². The number of nitrogens with zero attached hydrogens (tertiary/aromatic N) is 3. The molecule has 4 nitrogen and oxygen atoms in total. The summed E-state index contributed by atoms with van der Waals surface area (Å²) in [5, 5.41) is 19.6. The fourth-order valence-corrected chi connectivity index (χ4v) is 4.20. The molecule has 0 unspecified atom stereocenters. The zero-order valence-electron chi connectivity index (χ0n) is 13.9. The maximum atomic E-state index is 10.5. The van der Waals surface area contributed by atoms with Crippen LogP contribution < -0.4 is 0 Å². The molecule has 2 saturated heterocycles. The van der Waals surface area contributed by atoms with Gasteiger partial charge in [-0.25, -0.2) is 0 Å². The van der Waals surface area contributed by atoms with Gasteiger partial charge in [0.25, 0.3) is 0 Å². The van der Waals surface area contributed by atoms with Crippen LogP contribution in [-0.2, 0) is 5.66 Å². The summed E-state index contributed by atoms with van der Waals surface area (Å²) in [6, 6.07) is 10.0. The van der Waals surface area contributed by atoms with E-state index >= 15 is 0 Å². The Morgan fingerprint density at radius 1 is 0.870 bits per heavy atom. The van der Waals surface area contributed by atoms with Gasteiger partial charge in [0, 0.05) is 26.2 Å². The maximum Gasteiger partial charge on any atom is 0.124 e. The predicted molar refractivity (Wildman–Crippen MR) is 90.8 cm³/mol. The normalized spacial score (nSPS) is 21.0. The molecule has 0 bridgehead atoms. The van der Waals surface area contributed by atoms with E-state index in [2.05, 4.69) is 15.9 Å². The predicted octanol–water partition coefficient (Wildman–Crippen LogP) is 2.68. The van der Waals surface area contributed by atoms with E-state index < -0.39 is 5.66 Å². The molecule has 0 saturated carbocycles. The third kappa shape index (κ3) is 3.14. The van der Waals surface area contributed by atoms with E-state index in [0.717, 1.165) is 31.7 Å². The number of nitriles is 1. The maximum absolute atomic E-state index is 10.5. The van der Waals surface area contributed by atoms with Gasteiger partial charge in [0.15, 0.2) is 0 Å². The van der Waals surface area contributed by atoms with Crippen LogP contribution in [0, 0.1) is 11.3 Å². The molecule has 0 aliphatic carbocycles. The Balaban J connectivity index is 2.00. The van der Waals surface area contributed by atoms with E-state index in [1.54, 1.807) is 0 Å². The molecule has 0 atom stereocenters. The standard InChI is InChI=1S/C19H27N3O/c20-15-17-7-9-18(10-8-17)19(16-23,21-11-3-1-4-12-21)22-13-5-2-6-14-22/h7-10,23H,1-6,11-14,16H2. The first-order valence-electron chi connectivity index (χ1n) is 8.93. The number of aliphatic hydroxyl groups is 1. The van der Waals surface area contributed by atoms with Crippen LogP contribution in [0.3, 0.4) is 0 Å².